The number of pyridine rings is 1. The van der Waals surface area contributed by atoms with E-state index < -0.39 is 5.95 Å². The molecule has 1 heterocycles. The summed E-state index contributed by atoms with van der Waals surface area (Å²) in [6.45, 7) is 1.01. The molecular formula is C12H15FN2O2. The van der Waals surface area contributed by atoms with Crippen molar-refractivity contribution in [3.8, 4) is 0 Å². The van der Waals surface area contributed by atoms with Crippen LogP contribution in [0.1, 0.15) is 23.3 Å². The summed E-state index contributed by atoms with van der Waals surface area (Å²) in [6, 6.07) is 4.53. The lowest BCUT2D eigenvalue weighted by Crippen LogP contribution is -2.36. The SMILES string of the molecule is COCCN(C(=O)c1cccc(F)n1)C1CC1. The molecule has 1 aromatic heterocycles. The Kier molecular flexibility index (Phi) is 3.68. The van der Waals surface area contributed by atoms with Gasteiger partial charge in [0.25, 0.3) is 5.91 Å². The number of halogens is 1. The molecule has 17 heavy (non-hydrogen) atoms. The minimum absolute atomic E-state index is 0.160. The van der Waals surface area contributed by atoms with Crippen molar-refractivity contribution in [1.29, 1.82) is 0 Å². The first-order chi connectivity index (χ1) is 8.22. The summed E-state index contributed by atoms with van der Waals surface area (Å²) in [6.07, 6.45) is 2.01. The van der Waals surface area contributed by atoms with Gasteiger partial charge in [0.2, 0.25) is 5.95 Å². The van der Waals surface area contributed by atoms with E-state index in [1.54, 1.807) is 12.0 Å². The third-order valence-electron chi connectivity index (χ3n) is 2.72. The Morgan fingerprint density at radius 2 is 2.35 bits per heavy atom. The zero-order chi connectivity index (χ0) is 12.3. The maximum Gasteiger partial charge on any atom is 0.272 e. The van der Waals surface area contributed by atoms with Crippen molar-refractivity contribution in [1.82, 2.24) is 9.88 Å². The molecule has 0 unspecified atom stereocenters. The number of amides is 1. The predicted octanol–water partition coefficient (Wildman–Crippen LogP) is 1.47. The van der Waals surface area contributed by atoms with Crippen molar-refractivity contribution < 1.29 is 13.9 Å². The van der Waals surface area contributed by atoms with Crippen LogP contribution < -0.4 is 0 Å². The third-order valence-corrected chi connectivity index (χ3v) is 2.72. The minimum Gasteiger partial charge on any atom is -0.383 e. The van der Waals surface area contributed by atoms with E-state index in [9.17, 15) is 9.18 Å². The second-order valence-electron chi connectivity index (χ2n) is 4.07. The van der Waals surface area contributed by atoms with Crippen LogP contribution in [0.2, 0.25) is 0 Å². The summed E-state index contributed by atoms with van der Waals surface area (Å²) < 4.78 is 17.9. The fourth-order valence-electron chi connectivity index (χ4n) is 1.70. The molecule has 1 fully saturated rings. The van der Waals surface area contributed by atoms with Crippen molar-refractivity contribution >= 4 is 5.91 Å². The van der Waals surface area contributed by atoms with Gasteiger partial charge in [-0.2, -0.15) is 4.39 Å². The second-order valence-corrected chi connectivity index (χ2v) is 4.07. The van der Waals surface area contributed by atoms with E-state index in [-0.39, 0.29) is 17.6 Å². The molecule has 1 aliphatic rings. The lowest BCUT2D eigenvalue weighted by molar-refractivity contribution is 0.0673. The standard InChI is InChI=1S/C12H15FN2O2/c1-17-8-7-15(9-5-6-9)12(16)10-3-2-4-11(13)14-10/h2-4,9H,5-8H2,1H3. The first-order valence-corrected chi connectivity index (χ1v) is 5.65. The van der Waals surface area contributed by atoms with E-state index in [4.69, 9.17) is 4.74 Å². The van der Waals surface area contributed by atoms with Gasteiger partial charge in [0.05, 0.1) is 6.61 Å². The van der Waals surface area contributed by atoms with Crippen LogP contribution in [0.15, 0.2) is 18.2 Å². The zero-order valence-corrected chi connectivity index (χ0v) is 9.73. The average molecular weight is 238 g/mol. The third kappa shape index (κ3) is 3.00. The maximum absolute atomic E-state index is 13.0. The molecule has 0 saturated heterocycles. The summed E-state index contributed by atoms with van der Waals surface area (Å²) in [4.78, 5) is 17.5. The van der Waals surface area contributed by atoms with Crippen LogP contribution in [-0.2, 0) is 4.74 Å². The maximum atomic E-state index is 13.0. The summed E-state index contributed by atoms with van der Waals surface area (Å²) >= 11 is 0. The molecule has 0 radical (unpaired) electrons. The summed E-state index contributed by atoms with van der Waals surface area (Å²) in [5, 5.41) is 0. The zero-order valence-electron chi connectivity index (χ0n) is 9.73. The smallest absolute Gasteiger partial charge is 0.272 e. The second kappa shape index (κ2) is 5.23. The normalized spacial score (nSPS) is 14.7. The van der Waals surface area contributed by atoms with Gasteiger partial charge in [-0.1, -0.05) is 6.07 Å². The van der Waals surface area contributed by atoms with E-state index in [1.165, 1.54) is 18.2 Å². The number of aromatic nitrogens is 1. The first-order valence-electron chi connectivity index (χ1n) is 5.65. The quantitative estimate of drug-likeness (QED) is 0.729. The van der Waals surface area contributed by atoms with Crippen LogP contribution in [0.3, 0.4) is 0 Å². The van der Waals surface area contributed by atoms with E-state index >= 15 is 0 Å². The molecule has 0 bridgehead atoms. The highest BCUT2D eigenvalue weighted by Gasteiger charge is 2.33. The number of ether oxygens (including phenoxy) is 1. The van der Waals surface area contributed by atoms with Crippen molar-refractivity contribution in [3.63, 3.8) is 0 Å². The highest BCUT2D eigenvalue weighted by Crippen LogP contribution is 2.27. The van der Waals surface area contributed by atoms with Crippen LogP contribution in [0.4, 0.5) is 4.39 Å². The number of hydrogen-bond acceptors (Lipinski definition) is 3. The summed E-state index contributed by atoms with van der Waals surface area (Å²) in [5.74, 6) is -0.845. The van der Waals surface area contributed by atoms with Crippen molar-refractivity contribution in [2.75, 3.05) is 20.3 Å². The Labute approximate surface area is 99.4 Å². The molecule has 0 atom stereocenters. The van der Waals surface area contributed by atoms with Gasteiger partial charge >= 0.3 is 0 Å². The van der Waals surface area contributed by atoms with Crippen LogP contribution in [0, 0.1) is 5.95 Å². The van der Waals surface area contributed by atoms with Gasteiger partial charge in [0.15, 0.2) is 0 Å². The monoisotopic (exact) mass is 238 g/mol. The van der Waals surface area contributed by atoms with Crippen LogP contribution >= 0.6 is 0 Å². The molecule has 0 aromatic carbocycles. The lowest BCUT2D eigenvalue weighted by atomic mass is 10.3. The van der Waals surface area contributed by atoms with Gasteiger partial charge in [0, 0.05) is 19.7 Å². The largest absolute Gasteiger partial charge is 0.383 e. The van der Waals surface area contributed by atoms with Crippen LogP contribution in [0.5, 0.6) is 0 Å². The van der Waals surface area contributed by atoms with E-state index in [2.05, 4.69) is 4.98 Å². The number of methoxy groups -OCH3 is 1. The molecule has 92 valence electrons. The molecule has 0 spiro atoms. The van der Waals surface area contributed by atoms with Crippen LogP contribution in [-0.4, -0.2) is 42.1 Å². The van der Waals surface area contributed by atoms with Gasteiger partial charge < -0.3 is 9.64 Å². The van der Waals surface area contributed by atoms with Gasteiger partial charge in [-0.15, -0.1) is 0 Å². The van der Waals surface area contributed by atoms with Crippen molar-refractivity contribution in [2.24, 2.45) is 0 Å². The molecule has 1 amide bonds. The van der Waals surface area contributed by atoms with Gasteiger partial charge in [-0.25, -0.2) is 4.98 Å². The van der Waals surface area contributed by atoms with E-state index in [0.717, 1.165) is 12.8 Å². The molecule has 1 aliphatic carbocycles. The Hall–Kier alpha value is -1.49. The molecule has 0 aliphatic heterocycles. The van der Waals surface area contributed by atoms with Crippen LogP contribution in [0.25, 0.3) is 0 Å². The number of hydrogen-bond donors (Lipinski definition) is 0. The van der Waals surface area contributed by atoms with Crippen molar-refractivity contribution in [3.05, 3.63) is 29.8 Å². The molecule has 4 nitrogen and oxygen atoms in total. The number of carbonyl (C=O) groups excluding carboxylic acids is 1. The molecule has 1 aromatic rings. The minimum atomic E-state index is -0.627. The highest BCUT2D eigenvalue weighted by atomic mass is 19.1. The Morgan fingerprint density at radius 1 is 1.59 bits per heavy atom. The van der Waals surface area contributed by atoms with E-state index in [0.29, 0.717) is 13.2 Å². The predicted molar refractivity (Wildman–Crippen MR) is 60.1 cm³/mol. The topological polar surface area (TPSA) is 42.4 Å². The van der Waals surface area contributed by atoms with Gasteiger partial charge in [-0.3, -0.25) is 4.79 Å². The highest BCUT2D eigenvalue weighted by molar-refractivity contribution is 5.92. The fraction of sp³-hybridized carbons (Fsp3) is 0.500. The Bertz CT molecular complexity index is 407. The summed E-state index contributed by atoms with van der Waals surface area (Å²) in [7, 11) is 1.59. The molecule has 2 rings (SSSR count). The molecular weight excluding hydrogens is 223 g/mol. The molecule has 5 heteroatoms. The van der Waals surface area contributed by atoms with Gasteiger partial charge in [-0.05, 0) is 25.0 Å². The fourth-order valence-corrected chi connectivity index (χ4v) is 1.70. The van der Waals surface area contributed by atoms with Crippen molar-refractivity contribution in [2.45, 2.75) is 18.9 Å². The average Bonchev–Trinajstić information content (AvgIpc) is 3.14. The first kappa shape index (κ1) is 12.0. The number of carbonyl (C=O) groups is 1. The van der Waals surface area contributed by atoms with E-state index in [1.807, 2.05) is 0 Å². The molecule has 0 N–H and O–H groups in total. The Morgan fingerprint density at radius 3 is 2.94 bits per heavy atom. The Balaban J connectivity index is 2.10. The number of rotatable bonds is 5. The lowest BCUT2D eigenvalue weighted by Gasteiger charge is -2.21. The van der Waals surface area contributed by atoms with Gasteiger partial charge in [0.1, 0.15) is 5.69 Å². The number of nitrogens with zero attached hydrogens (tertiary/aromatic N) is 2. The molecule has 1 saturated carbocycles. The summed E-state index contributed by atoms with van der Waals surface area (Å²) in [5.41, 5.74) is 0.160.